The first kappa shape index (κ1) is 19.4. The van der Waals surface area contributed by atoms with Crippen molar-refractivity contribution in [2.75, 3.05) is 6.54 Å². The molecule has 5 nitrogen and oxygen atoms in total. The first-order valence-corrected chi connectivity index (χ1v) is 10.3. The van der Waals surface area contributed by atoms with E-state index in [1.807, 2.05) is 30.3 Å². The van der Waals surface area contributed by atoms with Crippen molar-refractivity contribution in [2.45, 2.75) is 44.6 Å². The topological polar surface area (TPSA) is 63.7 Å². The SMILES string of the molecule is O=C(OC1CCCCC1)C(Cc1ccccc1)CN1C(=O)c2ccccc2C1=O. The molecule has 1 fully saturated rings. The number of fused-ring (bicyclic) bond motifs is 1. The number of hydrogen-bond acceptors (Lipinski definition) is 4. The zero-order chi connectivity index (χ0) is 20.2. The van der Waals surface area contributed by atoms with E-state index in [1.54, 1.807) is 24.3 Å². The number of imide groups is 1. The van der Waals surface area contributed by atoms with E-state index in [4.69, 9.17) is 4.74 Å². The molecule has 0 aromatic heterocycles. The molecule has 150 valence electrons. The molecule has 2 aromatic rings. The van der Waals surface area contributed by atoms with Crippen LogP contribution in [0.15, 0.2) is 54.6 Å². The van der Waals surface area contributed by atoms with E-state index in [-0.39, 0.29) is 30.4 Å². The van der Waals surface area contributed by atoms with Gasteiger partial charge in [-0.3, -0.25) is 19.3 Å². The van der Waals surface area contributed by atoms with Gasteiger partial charge in [0, 0.05) is 6.54 Å². The van der Waals surface area contributed by atoms with Gasteiger partial charge in [0.05, 0.1) is 17.0 Å². The van der Waals surface area contributed by atoms with Crippen LogP contribution in [0.2, 0.25) is 0 Å². The molecule has 2 aromatic carbocycles. The molecule has 1 heterocycles. The Hall–Kier alpha value is -2.95. The van der Waals surface area contributed by atoms with Crippen molar-refractivity contribution in [3.63, 3.8) is 0 Å². The number of ether oxygens (including phenoxy) is 1. The summed E-state index contributed by atoms with van der Waals surface area (Å²) in [4.78, 5) is 39.7. The first-order chi connectivity index (χ1) is 14.1. The number of carbonyl (C=O) groups is 3. The minimum atomic E-state index is -0.582. The molecule has 4 rings (SSSR count). The van der Waals surface area contributed by atoms with Crippen LogP contribution in [0, 0.1) is 5.92 Å². The Morgan fingerprint density at radius 3 is 2.10 bits per heavy atom. The van der Waals surface area contributed by atoms with Gasteiger partial charge in [-0.1, -0.05) is 48.9 Å². The number of nitrogens with zero attached hydrogens (tertiary/aromatic N) is 1. The van der Waals surface area contributed by atoms with E-state index in [0.29, 0.717) is 17.5 Å². The van der Waals surface area contributed by atoms with Gasteiger partial charge in [0.2, 0.25) is 0 Å². The number of benzene rings is 2. The van der Waals surface area contributed by atoms with Crippen LogP contribution < -0.4 is 0 Å². The smallest absolute Gasteiger partial charge is 0.311 e. The molecule has 1 aliphatic heterocycles. The summed E-state index contributed by atoms with van der Waals surface area (Å²) in [5, 5.41) is 0. The first-order valence-electron chi connectivity index (χ1n) is 10.3. The van der Waals surface area contributed by atoms with Gasteiger partial charge in [0.25, 0.3) is 11.8 Å². The van der Waals surface area contributed by atoms with Gasteiger partial charge in [-0.25, -0.2) is 0 Å². The molecule has 0 spiro atoms. The Morgan fingerprint density at radius 1 is 0.897 bits per heavy atom. The molecule has 5 heteroatoms. The average Bonchev–Trinajstić information content (AvgIpc) is 3.00. The average molecular weight is 391 g/mol. The molecule has 2 aliphatic rings. The van der Waals surface area contributed by atoms with Gasteiger partial charge >= 0.3 is 5.97 Å². The van der Waals surface area contributed by atoms with E-state index in [2.05, 4.69) is 0 Å². The summed E-state index contributed by atoms with van der Waals surface area (Å²) in [6.07, 6.45) is 5.46. The summed E-state index contributed by atoms with van der Waals surface area (Å²) < 4.78 is 5.80. The van der Waals surface area contributed by atoms with Crippen molar-refractivity contribution in [2.24, 2.45) is 5.92 Å². The summed E-state index contributed by atoms with van der Waals surface area (Å²) in [6.45, 7) is 0.0345. The highest BCUT2D eigenvalue weighted by Gasteiger charge is 2.38. The third-order valence-electron chi connectivity index (χ3n) is 5.77. The molecule has 1 atom stereocenters. The summed E-state index contributed by atoms with van der Waals surface area (Å²) in [7, 11) is 0. The fraction of sp³-hybridized carbons (Fsp3) is 0.375. The standard InChI is InChI=1S/C24H25NO4/c26-22-20-13-7-8-14-21(20)23(27)25(22)16-18(15-17-9-3-1-4-10-17)24(28)29-19-11-5-2-6-12-19/h1,3-4,7-10,13-14,18-19H,2,5-6,11-12,15-16H2. The molecule has 2 amide bonds. The van der Waals surface area contributed by atoms with Crippen molar-refractivity contribution >= 4 is 17.8 Å². The van der Waals surface area contributed by atoms with Crippen LogP contribution in [0.25, 0.3) is 0 Å². The number of esters is 1. The fourth-order valence-electron chi connectivity index (χ4n) is 4.19. The molecule has 0 saturated heterocycles. The molecule has 1 unspecified atom stereocenters. The second-order valence-electron chi connectivity index (χ2n) is 7.85. The van der Waals surface area contributed by atoms with Gasteiger partial charge in [-0.15, -0.1) is 0 Å². The van der Waals surface area contributed by atoms with Crippen LogP contribution in [0.3, 0.4) is 0 Å². The highest BCUT2D eigenvalue weighted by atomic mass is 16.5. The zero-order valence-corrected chi connectivity index (χ0v) is 16.4. The maximum absolute atomic E-state index is 13.0. The monoisotopic (exact) mass is 391 g/mol. The quantitative estimate of drug-likeness (QED) is 0.551. The van der Waals surface area contributed by atoms with Gasteiger partial charge in [-0.2, -0.15) is 0 Å². The Balaban J connectivity index is 1.53. The van der Waals surface area contributed by atoms with Crippen LogP contribution in [0.4, 0.5) is 0 Å². The molecule has 0 radical (unpaired) electrons. The highest BCUT2D eigenvalue weighted by molar-refractivity contribution is 6.21. The maximum Gasteiger partial charge on any atom is 0.311 e. The third kappa shape index (κ3) is 4.24. The predicted molar refractivity (Wildman–Crippen MR) is 108 cm³/mol. The van der Waals surface area contributed by atoms with E-state index >= 15 is 0 Å². The molecule has 0 bridgehead atoms. The summed E-state index contributed by atoms with van der Waals surface area (Å²) >= 11 is 0. The normalized spacial score (nSPS) is 17.9. The van der Waals surface area contributed by atoms with E-state index in [1.165, 1.54) is 11.3 Å². The van der Waals surface area contributed by atoms with Crippen LogP contribution in [-0.4, -0.2) is 35.3 Å². The van der Waals surface area contributed by atoms with E-state index < -0.39 is 5.92 Å². The van der Waals surface area contributed by atoms with Crippen molar-refractivity contribution in [3.05, 3.63) is 71.3 Å². The molecule has 0 N–H and O–H groups in total. The maximum atomic E-state index is 13.0. The highest BCUT2D eigenvalue weighted by Crippen LogP contribution is 2.26. The van der Waals surface area contributed by atoms with Crippen molar-refractivity contribution in [3.8, 4) is 0 Å². The van der Waals surface area contributed by atoms with Gasteiger partial charge < -0.3 is 4.74 Å². The van der Waals surface area contributed by atoms with Crippen LogP contribution >= 0.6 is 0 Å². The zero-order valence-electron chi connectivity index (χ0n) is 16.4. The predicted octanol–water partition coefficient (Wildman–Crippen LogP) is 4.02. The van der Waals surface area contributed by atoms with Crippen LogP contribution in [-0.2, 0) is 16.0 Å². The Kier molecular flexibility index (Phi) is 5.74. The summed E-state index contributed by atoms with van der Waals surface area (Å²) in [5.41, 5.74) is 1.78. The van der Waals surface area contributed by atoms with Crippen LogP contribution in [0.5, 0.6) is 0 Å². The lowest BCUT2D eigenvalue weighted by Gasteiger charge is -2.26. The Bertz CT molecular complexity index is 867. The number of rotatable bonds is 6. The fourth-order valence-corrected chi connectivity index (χ4v) is 4.19. The van der Waals surface area contributed by atoms with Gasteiger partial charge in [0.15, 0.2) is 0 Å². The van der Waals surface area contributed by atoms with Crippen molar-refractivity contribution < 1.29 is 19.1 Å². The van der Waals surface area contributed by atoms with Gasteiger partial charge in [0.1, 0.15) is 6.10 Å². The minimum absolute atomic E-state index is 0.0345. The van der Waals surface area contributed by atoms with E-state index in [0.717, 1.165) is 31.2 Å². The van der Waals surface area contributed by atoms with Crippen LogP contribution in [0.1, 0.15) is 58.4 Å². The molecular weight excluding hydrogens is 366 g/mol. The minimum Gasteiger partial charge on any atom is -0.462 e. The third-order valence-corrected chi connectivity index (χ3v) is 5.77. The number of hydrogen-bond donors (Lipinski definition) is 0. The lowest BCUT2D eigenvalue weighted by molar-refractivity contribution is -0.155. The number of carbonyl (C=O) groups excluding carboxylic acids is 3. The summed E-state index contributed by atoms with van der Waals surface area (Å²) in [6, 6.07) is 16.4. The lowest BCUT2D eigenvalue weighted by Crippen LogP contribution is -2.39. The largest absolute Gasteiger partial charge is 0.462 e. The number of amides is 2. The second kappa shape index (κ2) is 8.60. The molecule has 29 heavy (non-hydrogen) atoms. The van der Waals surface area contributed by atoms with Gasteiger partial charge in [-0.05, 0) is 49.8 Å². The lowest BCUT2D eigenvalue weighted by atomic mass is 9.96. The van der Waals surface area contributed by atoms with E-state index in [9.17, 15) is 14.4 Å². The molecule has 1 aliphatic carbocycles. The van der Waals surface area contributed by atoms with Crippen molar-refractivity contribution in [1.82, 2.24) is 4.90 Å². The molecular formula is C24H25NO4. The Morgan fingerprint density at radius 2 is 1.48 bits per heavy atom. The van der Waals surface area contributed by atoms with Crippen molar-refractivity contribution in [1.29, 1.82) is 0 Å². The summed E-state index contributed by atoms with van der Waals surface area (Å²) in [5.74, 6) is -1.58. The Labute approximate surface area is 170 Å². The molecule has 1 saturated carbocycles. The second-order valence-corrected chi connectivity index (χ2v) is 7.85.